The average Bonchev–Trinajstić information content (AvgIpc) is 2.75. The van der Waals surface area contributed by atoms with Crippen LogP contribution in [-0.4, -0.2) is 25.4 Å². The summed E-state index contributed by atoms with van der Waals surface area (Å²) in [5.74, 6) is -0.357. The Morgan fingerprint density at radius 1 is 1.03 bits per heavy atom. The normalized spacial score (nSPS) is 10.9. The summed E-state index contributed by atoms with van der Waals surface area (Å²) in [6.07, 6.45) is 0.744. The van der Waals surface area contributed by atoms with Crippen LogP contribution >= 0.6 is 0 Å². The van der Waals surface area contributed by atoms with Gasteiger partial charge in [0.2, 0.25) is 6.93 Å². The molecule has 3 N–H and O–H groups in total. The van der Waals surface area contributed by atoms with Gasteiger partial charge in [0, 0.05) is 11.6 Å². The van der Waals surface area contributed by atoms with E-state index in [9.17, 15) is 18.0 Å². The quantitative estimate of drug-likeness (QED) is 0.532. The van der Waals surface area contributed by atoms with Crippen molar-refractivity contribution < 1.29 is 18.0 Å². The first-order valence-corrected chi connectivity index (χ1v) is 9.91. The summed E-state index contributed by atoms with van der Waals surface area (Å²) >= 11 is 0. The number of rotatable bonds is 5. The molecule has 3 aromatic rings. The van der Waals surface area contributed by atoms with Gasteiger partial charge in [0.1, 0.15) is 5.82 Å². The van der Waals surface area contributed by atoms with E-state index < -0.39 is 6.93 Å². The van der Waals surface area contributed by atoms with E-state index in [2.05, 4.69) is 5.32 Å². The number of carbonyl (C=O) groups is 1. The van der Waals surface area contributed by atoms with Crippen molar-refractivity contribution in [2.24, 2.45) is 5.73 Å². The molecule has 0 aromatic heterocycles. The van der Waals surface area contributed by atoms with Crippen LogP contribution in [0.1, 0.15) is 37.6 Å². The van der Waals surface area contributed by atoms with Crippen LogP contribution in [0, 0.1) is 5.82 Å². The third-order valence-electron chi connectivity index (χ3n) is 4.28. The molecule has 6 heteroatoms. The third-order valence-corrected chi connectivity index (χ3v) is 4.28. The lowest BCUT2D eigenvalue weighted by Gasteiger charge is -2.13. The highest BCUT2D eigenvalue weighted by Crippen LogP contribution is 2.29. The number of hydrogen-bond donors (Lipinski definition) is 2. The fourth-order valence-corrected chi connectivity index (χ4v) is 2.94. The number of fused-ring (bicyclic) bond motifs is 1. The zero-order valence-corrected chi connectivity index (χ0v) is 17.6. The molecule has 0 spiro atoms. The van der Waals surface area contributed by atoms with Crippen LogP contribution < -0.4 is 11.1 Å². The van der Waals surface area contributed by atoms with Gasteiger partial charge in [-0.25, -0.2) is 13.2 Å². The monoisotopic (exact) mass is 418 g/mol. The Kier molecular flexibility index (Phi) is 11.2. The van der Waals surface area contributed by atoms with Gasteiger partial charge in [-0.1, -0.05) is 50.2 Å². The maximum absolute atomic E-state index is 13.2. The molecule has 1 unspecified atom stereocenters. The number of carbonyl (C=O) groups excluding carboxylic acids is 1. The largest absolute Gasteiger partial charge is 0.350 e. The second-order valence-electron chi connectivity index (χ2n) is 6.30. The molecule has 3 aromatic carbocycles. The van der Waals surface area contributed by atoms with E-state index in [-0.39, 0.29) is 17.8 Å². The topological polar surface area (TPSA) is 55.1 Å². The zero-order valence-electron chi connectivity index (χ0n) is 17.6. The van der Waals surface area contributed by atoms with Crippen molar-refractivity contribution in [2.45, 2.75) is 33.2 Å². The maximum Gasteiger partial charge on any atom is 0.251 e. The van der Waals surface area contributed by atoms with Crippen molar-refractivity contribution in [2.75, 3.05) is 13.5 Å². The van der Waals surface area contributed by atoms with E-state index in [1.54, 1.807) is 12.1 Å². The van der Waals surface area contributed by atoms with E-state index >= 15 is 0 Å². The summed E-state index contributed by atoms with van der Waals surface area (Å²) in [5.41, 5.74) is 8.10. The molecule has 0 saturated carbocycles. The Morgan fingerprint density at radius 3 is 2.27 bits per heavy atom. The molecule has 3 nitrogen and oxygen atoms in total. The van der Waals surface area contributed by atoms with Gasteiger partial charge in [-0.3, -0.25) is 4.79 Å². The second kappa shape index (κ2) is 13.4. The summed E-state index contributed by atoms with van der Waals surface area (Å²) in [6.45, 7) is 4.73. The van der Waals surface area contributed by atoms with Crippen molar-refractivity contribution in [3.05, 3.63) is 72.0 Å². The highest BCUT2D eigenvalue weighted by molar-refractivity contribution is 6.02. The Morgan fingerprint density at radius 2 is 1.67 bits per heavy atom. The van der Waals surface area contributed by atoms with Crippen molar-refractivity contribution in [1.29, 1.82) is 0 Å². The molecule has 3 rings (SSSR count). The molecular weight excluding hydrogens is 389 g/mol. The highest BCUT2D eigenvalue weighted by atomic mass is 19.3. The molecule has 30 heavy (non-hydrogen) atoms. The Balaban J connectivity index is 0.000000826. The number of nitrogens with one attached hydrogen (secondary N) is 1. The highest BCUT2D eigenvalue weighted by Gasteiger charge is 2.11. The van der Waals surface area contributed by atoms with E-state index in [0.717, 1.165) is 28.3 Å². The molecular formula is C24H29F3N2O. The van der Waals surface area contributed by atoms with Gasteiger partial charge in [-0.2, -0.15) is 0 Å². The minimum atomic E-state index is -1.75. The van der Waals surface area contributed by atoms with Gasteiger partial charge in [-0.15, -0.1) is 0 Å². The fraction of sp³-hybridized carbons (Fsp3) is 0.292. The van der Waals surface area contributed by atoms with Crippen LogP contribution in [0.4, 0.5) is 13.2 Å². The van der Waals surface area contributed by atoms with Gasteiger partial charge in [0.15, 0.2) is 0 Å². The molecule has 0 bridgehead atoms. The lowest BCUT2D eigenvalue weighted by molar-refractivity contribution is 0.0939. The number of amides is 1. The number of hydrogen-bond acceptors (Lipinski definition) is 2. The Bertz CT molecular complexity index is 914. The summed E-state index contributed by atoms with van der Waals surface area (Å²) in [5, 5.41) is 4.96. The summed E-state index contributed by atoms with van der Waals surface area (Å²) in [6, 6.07) is 18.0. The van der Waals surface area contributed by atoms with E-state index in [1.165, 1.54) is 12.1 Å². The molecule has 0 aliphatic carbocycles. The van der Waals surface area contributed by atoms with Gasteiger partial charge in [-0.05, 0) is 66.1 Å². The fourth-order valence-electron chi connectivity index (χ4n) is 2.94. The number of benzene rings is 3. The lowest BCUT2D eigenvalue weighted by Crippen LogP contribution is -2.34. The molecule has 0 heterocycles. The Hall–Kier alpha value is -2.86. The van der Waals surface area contributed by atoms with Crippen molar-refractivity contribution >= 4 is 16.7 Å². The van der Waals surface area contributed by atoms with Crippen LogP contribution in [-0.2, 0) is 0 Å². The minimum absolute atomic E-state index is 0.0405. The van der Waals surface area contributed by atoms with Gasteiger partial charge in [0.05, 0.1) is 0 Å². The number of halogens is 3. The standard InChI is InChI=1S/C21H21FN2O.C2H6.CH2F2/c1-14(11-12-23)24-21(25)17-7-10-20-16(13-17)3-2-4-19(20)15-5-8-18(22)9-6-15;1-2;2-1-3/h2-10,13-14H,11-12,23H2,1H3,(H,24,25);1-2H3;1H2. The molecule has 0 aliphatic rings. The van der Waals surface area contributed by atoms with Gasteiger partial charge in [0.25, 0.3) is 5.91 Å². The SMILES string of the molecule is CC.CC(CCN)NC(=O)c1ccc2c(-c3ccc(F)cc3)cccc2c1.FCF. The van der Waals surface area contributed by atoms with Crippen LogP contribution in [0.3, 0.4) is 0 Å². The molecule has 1 atom stereocenters. The predicted molar refractivity (Wildman–Crippen MR) is 118 cm³/mol. The lowest BCUT2D eigenvalue weighted by atomic mass is 9.97. The molecule has 0 aliphatic heterocycles. The van der Waals surface area contributed by atoms with Gasteiger partial charge < -0.3 is 11.1 Å². The first kappa shape index (κ1) is 25.2. The summed E-state index contributed by atoms with van der Waals surface area (Å²) in [4.78, 5) is 12.4. The van der Waals surface area contributed by atoms with Crippen LogP contribution in [0.2, 0.25) is 0 Å². The Labute approximate surface area is 176 Å². The van der Waals surface area contributed by atoms with E-state index in [1.807, 2.05) is 57.2 Å². The van der Waals surface area contributed by atoms with Crippen molar-refractivity contribution in [3.63, 3.8) is 0 Å². The maximum atomic E-state index is 13.2. The van der Waals surface area contributed by atoms with Crippen LogP contribution in [0.5, 0.6) is 0 Å². The zero-order chi connectivity index (χ0) is 22.5. The second-order valence-corrected chi connectivity index (χ2v) is 6.30. The molecule has 0 radical (unpaired) electrons. The smallest absolute Gasteiger partial charge is 0.251 e. The molecule has 0 fully saturated rings. The average molecular weight is 419 g/mol. The molecule has 0 saturated heterocycles. The minimum Gasteiger partial charge on any atom is -0.350 e. The third kappa shape index (κ3) is 7.19. The number of nitrogens with two attached hydrogens (primary N) is 1. The number of alkyl halides is 2. The van der Waals surface area contributed by atoms with Gasteiger partial charge >= 0.3 is 0 Å². The van der Waals surface area contributed by atoms with Crippen LogP contribution in [0.15, 0.2) is 60.7 Å². The summed E-state index contributed by atoms with van der Waals surface area (Å²) in [7, 11) is 0. The first-order valence-electron chi connectivity index (χ1n) is 9.91. The van der Waals surface area contributed by atoms with Crippen molar-refractivity contribution in [3.8, 4) is 11.1 Å². The van der Waals surface area contributed by atoms with E-state index in [0.29, 0.717) is 12.1 Å². The van der Waals surface area contributed by atoms with Crippen LogP contribution in [0.25, 0.3) is 21.9 Å². The molecule has 1 amide bonds. The predicted octanol–water partition coefficient (Wildman–Crippen LogP) is 6.02. The van der Waals surface area contributed by atoms with Crippen molar-refractivity contribution in [1.82, 2.24) is 5.32 Å². The first-order chi connectivity index (χ1) is 14.5. The molecule has 162 valence electrons. The van der Waals surface area contributed by atoms with E-state index in [4.69, 9.17) is 5.73 Å². The summed E-state index contributed by atoms with van der Waals surface area (Å²) < 4.78 is 32.4.